The zero-order valence-electron chi connectivity index (χ0n) is 11.7. The van der Waals surface area contributed by atoms with Gasteiger partial charge in [-0.05, 0) is 67.2 Å². The van der Waals surface area contributed by atoms with Gasteiger partial charge in [0.2, 0.25) is 0 Å². The second-order valence-corrected chi connectivity index (χ2v) is 5.69. The first kappa shape index (κ1) is 15.1. The third-order valence-electron chi connectivity index (χ3n) is 4.39. The van der Waals surface area contributed by atoms with Crippen molar-refractivity contribution in [1.29, 1.82) is 0 Å². The summed E-state index contributed by atoms with van der Waals surface area (Å²) >= 11 is 0. The zero-order chi connectivity index (χ0) is 12.9. The van der Waals surface area contributed by atoms with Crippen molar-refractivity contribution in [3.63, 3.8) is 0 Å². The van der Waals surface area contributed by atoms with E-state index in [1.54, 1.807) is 0 Å². The molecule has 0 amide bonds. The van der Waals surface area contributed by atoms with Crippen molar-refractivity contribution in [3.8, 4) is 0 Å². The summed E-state index contributed by atoms with van der Waals surface area (Å²) in [5.41, 5.74) is 2.98. The molecule has 1 nitrogen and oxygen atoms in total. The van der Waals surface area contributed by atoms with E-state index in [2.05, 4.69) is 47.4 Å². The molecule has 0 unspecified atom stereocenters. The highest BCUT2D eigenvalue weighted by molar-refractivity contribution is 5.85. The van der Waals surface area contributed by atoms with Crippen LogP contribution >= 0.6 is 12.4 Å². The van der Waals surface area contributed by atoms with Gasteiger partial charge in [-0.25, -0.2) is 0 Å². The maximum atomic E-state index is 4.09. The maximum Gasteiger partial charge on any atom is 0.0270 e. The standard InChI is InChI=1S/C18H21N.ClH/c1-2-4-17(5-3-1)18-8-6-15(7-9-18)14-16-10-12-19-13-11-16;/h1-5,10-13,15,18H,6-9,14H2;1H. The Balaban J connectivity index is 0.00000147. The summed E-state index contributed by atoms with van der Waals surface area (Å²) in [6.07, 6.45) is 10.5. The van der Waals surface area contributed by atoms with Crippen molar-refractivity contribution < 1.29 is 0 Å². The molecule has 0 spiro atoms. The second-order valence-electron chi connectivity index (χ2n) is 5.69. The predicted octanol–water partition coefficient (Wildman–Crippen LogP) is 5.02. The summed E-state index contributed by atoms with van der Waals surface area (Å²) in [6, 6.07) is 15.3. The minimum atomic E-state index is 0. The Kier molecular flexibility index (Phi) is 5.60. The molecule has 1 aromatic carbocycles. The maximum absolute atomic E-state index is 4.09. The molecule has 0 radical (unpaired) electrons. The average Bonchev–Trinajstić information content (AvgIpc) is 2.50. The van der Waals surface area contributed by atoms with Gasteiger partial charge in [-0.15, -0.1) is 12.4 Å². The first-order chi connectivity index (χ1) is 9.42. The van der Waals surface area contributed by atoms with Crippen LogP contribution in [-0.4, -0.2) is 4.98 Å². The van der Waals surface area contributed by atoms with Gasteiger partial charge in [0.05, 0.1) is 0 Å². The molecule has 20 heavy (non-hydrogen) atoms. The van der Waals surface area contributed by atoms with Gasteiger partial charge >= 0.3 is 0 Å². The summed E-state index contributed by atoms with van der Waals surface area (Å²) in [6.45, 7) is 0. The molecule has 0 atom stereocenters. The minimum absolute atomic E-state index is 0. The van der Waals surface area contributed by atoms with Gasteiger partial charge in [-0.3, -0.25) is 4.98 Å². The Morgan fingerprint density at radius 2 is 1.50 bits per heavy atom. The number of halogens is 1. The van der Waals surface area contributed by atoms with Crippen LogP contribution in [0, 0.1) is 5.92 Å². The molecule has 1 aliphatic rings. The third kappa shape index (κ3) is 3.83. The van der Waals surface area contributed by atoms with E-state index in [-0.39, 0.29) is 12.4 Å². The van der Waals surface area contributed by atoms with Crippen LogP contribution in [0.25, 0.3) is 0 Å². The molecule has 106 valence electrons. The topological polar surface area (TPSA) is 12.9 Å². The summed E-state index contributed by atoms with van der Waals surface area (Å²) in [4.78, 5) is 4.09. The average molecular weight is 288 g/mol. The summed E-state index contributed by atoms with van der Waals surface area (Å²) < 4.78 is 0. The van der Waals surface area contributed by atoms with Crippen LogP contribution in [0.5, 0.6) is 0 Å². The van der Waals surface area contributed by atoms with Crippen molar-refractivity contribution in [2.24, 2.45) is 5.92 Å². The van der Waals surface area contributed by atoms with Crippen LogP contribution in [0.15, 0.2) is 54.9 Å². The highest BCUT2D eigenvalue weighted by Crippen LogP contribution is 2.36. The fraction of sp³-hybridized carbons (Fsp3) is 0.389. The fourth-order valence-electron chi connectivity index (χ4n) is 3.28. The third-order valence-corrected chi connectivity index (χ3v) is 4.39. The van der Waals surface area contributed by atoms with Gasteiger partial charge in [0.15, 0.2) is 0 Å². The Morgan fingerprint density at radius 1 is 0.850 bits per heavy atom. The molecule has 1 fully saturated rings. The highest BCUT2D eigenvalue weighted by Gasteiger charge is 2.22. The van der Waals surface area contributed by atoms with Gasteiger partial charge in [-0.2, -0.15) is 0 Å². The van der Waals surface area contributed by atoms with Gasteiger partial charge in [0.25, 0.3) is 0 Å². The summed E-state index contributed by atoms with van der Waals surface area (Å²) in [5.74, 6) is 1.65. The predicted molar refractivity (Wildman–Crippen MR) is 86.3 cm³/mol. The molecule has 0 N–H and O–H groups in total. The molecule has 3 rings (SSSR count). The Morgan fingerprint density at radius 3 is 2.15 bits per heavy atom. The van der Waals surface area contributed by atoms with Crippen LogP contribution in [0.1, 0.15) is 42.7 Å². The van der Waals surface area contributed by atoms with Crippen molar-refractivity contribution in [3.05, 3.63) is 66.0 Å². The number of benzene rings is 1. The molecule has 0 bridgehead atoms. The molecular weight excluding hydrogens is 266 g/mol. The molecule has 0 aliphatic heterocycles. The lowest BCUT2D eigenvalue weighted by Gasteiger charge is -2.28. The van der Waals surface area contributed by atoms with E-state index < -0.39 is 0 Å². The zero-order valence-corrected chi connectivity index (χ0v) is 12.6. The SMILES string of the molecule is Cl.c1ccc(C2CCC(Cc3ccncc3)CC2)cc1. The number of aromatic nitrogens is 1. The summed E-state index contributed by atoms with van der Waals surface area (Å²) in [7, 11) is 0. The molecule has 2 aromatic rings. The lowest BCUT2D eigenvalue weighted by atomic mass is 9.77. The van der Waals surface area contributed by atoms with E-state index in [4.69, 9.17) is 0 Å². The van der Waals surface area contributed by atoms with Crippen LogP contribution in [0.3, 0.4) is 0 Å². The molecule has 0 saturated heterocycles. The first-order valence-electron chi connectivity index (χ1n) is 7.35. The van der Waals surface area contributed by atoms with Crippen LogP contribution in [-0.2, 0) is 6.42 Å². The van der Waals surface area contributed by atoms with Crippen LogP contribution < -0.4 is 0 Å². The van der Waals surface area contributed by atoms with Crippen molar-refractivity contribution in [2.75, 3.05) is 0 Å². The van der Waals surface area contributed by atoms with E-state index in [0.29, 0.717) is 0 Å². The summed E-state index contributed by atoms with van der Waals surface area (Å²) in [5, 5.41) is 0. The van der Waals surface area contributed by atoms with Gasteiger partial charge in [-0.1, -0.05) is 30.3 Å². The number of rotatable bonds is 3. The minimum Gasteiger partial charge on any atom is -0.265 e. The molecule has 1 heterocycles. The van der Waals surface area contributed by atoms with E-state index in [1.807, 2.05) is 12.4 Å². The monoisotopic (exact) mass is 287 g/mol. The van der Waals surface area contributed by atoms with Crippen molar-refractivity contribution >= 4 is 12.4 Å². The molecule has 1 aliphatic carbocycles. The second kappa shape index (κ2) is 7.44. The van der Waals surface area contributed by atoms with E-state index in [0.717, 1.165) is 11.8 Å². The normalized spacial score (nSPS) is 22.0. The number of hydrogen-bond donors (Lipinski definition) is 0. The van der Waals surface area contributed by atoms with Crippen molar-refractivity contribution in [2.45, 2.75) is 38.0 Å². The quantitative estimate of drug-likeness (QED) is 0.772. The van der Waals surface area contributed by atoms with Crippen LogP contribution in [0.4, 0.5) is 0 Å². The highest BCUT2D eigenvalue weighted by atomic mass is 35.5. The van der Waals surface area contributed by atoms with E-state index in [9.17, 15) is 0 Å². The lowest BCUT2D eigenvalue weighted by Crippen LogP contribution is -2.15. The van der Waals surface area contributed by atoms with E-state index >= 15 is 0 Å². The van der Waals surface area contributed by atoms with Crippen LogP contribution in [0.2, 0.25) is 0 Å². The lowest BCUT2D eigenvalue weighted by molar-refractivity contribution is 0.324. The van der Waals surface area contributed by atoms with Gasteiger partial charge in [0.1, 0.15) is 0 Å². The molecule has 1 aromatic heterocycles. The number of pyridine rings is 1. The fourth-order valence-corrected chi connectivity index (χ4v) is 3.28. The molecular formula is C18H22ClN. The van der Waals surface area contributed by atoms with Crippen molar-refractivity contribution in [1.82, 2.24) is 4.98 Å². The van der Waals surface area contributed by atoms with Gasteiger partial charge < -0.3 is 0 Å². The number of hydrogen-bond acceptors (Lipinski definition) is 1. The largest absolute Gasteiger partial charge is 0.265 e. The first-order valence-corrected chi connectivity index (χ1v) is 7.35. The Hall–Kier alpha value is -1.34. The van der Waals surface area contributed by atoms with Gasteiger partial charge in [0, 0.05) is 12.4 Å². The molecule has 1 saturated carbocycles. The number of nitrogens with zero attached hydrogens (tertiary/aromatic N) is 1. The van der Waals surface area contributed by atoms with E-state index in [1.165, 1.54) is 43.2 Å². The Labute approximate surface area is 127 Å². The Bertz CT molecular complexity index is 489. The molecule has 2 heteroatoms. The smallest absolute Gasteiger partial charge is 0.0270 e.